The van der Waals surface area contributed by atoms with Crippen LogP contribution in [0.4, 0.5) is 0 Å². The molecule has 1 unspecified atom stereocenters. The summed E-state index contributed by atoms with van der Waals surface area (Å²) in [6.07, 6.45) is 6.53. The molecule has 0 bridgehead atoms. The molecule has 0 radical (unpaired) electrons. The zero-order valence-electron chi connectivity index (χ0n) is 18.9. The number of fused-ring (bicyclic) bond motifs is 4. The fourth-order valence-corrected chi connectivity index (χ4v) is 6.50. The molecule has 1 N–H and O–H groups in total. The van der Waals surface area contributed by atoms with E-state index in [1.54, 1.807) is 0 Å². The molecule has 4 aromatic rings. The summed E-state index contributed by atoms with van der Waals surface area (Å²) < 4.78 is 1.83. The number of nitrogens with one attached hydrogen (secondary N) is 1. The van der Waals surface area contributed by atoms with Crippen molar-refractivity contribution in [3.63, 3.8) is 0 Å². The number of hydrogen-bond donors (Lipinski definition) is 1. The van der Waals surface area contributed by atoms with Gasteiger partial charge in [-0.05, 0) is 69.6 Å². The van der Waals surface area contributed by atoms with E-state index in [9.17, 15) is 14.9 Å². The van der Waals surface area contributed by atoms with E-state index in [0.29, 0.717) is 15.9 Å². The Morgan fingerprint density at radius 2 is 1.88 bits per heavy atom. The number of thiophene rings is 1. The second kappa shape index (κ2) is 8.03. The zero-order valence-corrected chi connectivity index (χ0v) is 19.7. The Morgan fingerprint density at radius 3 is 2.68 bits per heavy atom. The number of benzene rings is 1. The highest BCUT2D eigenvalue weighted by Gasteiger charge is 2.33. The van der Waals surface area contributed by atoms with Crippen LogP contribution in [0, 0.1) is 18.3 Å². The van der Waals surface area contributed by atoms with Gasteiger partial charge in [-0.1, -0.05) is 17.7 Å². The molecule has 7 nitrogen and oxygen atoms in total. The molecule has 0 saturated heterocycles. The third-order valence-corrected chi connectivity index (χ3v) is 8.14. The number of ketones is 1. The van der Waals surface area contributed by atoms with Crippen LogP contribution in [-0.2, 0) is 25.7 Å². The smallest absolute Gasteiger partial charge is 0.259 e. The standard InChI is InChI=1S/C26H23N5O2S/c1-14-9-11-15(12-10-14)31-19-7-4-6-16(19)22(30-31)23(32)18(13-27)24-28-25(33)21-17-5-2-3-8-20(17)34-26(21)29-24/h9-12,18H,2-8H2,1H3,(H,28,29,33). The van der Waals surface area contributed by atoms with E-state index < -0.39 is 11.7 Å². The highest BCUT2D eigenvalue weighted by molar-refractivity contribution is 7.18. The van der Waals surface area contributed by atoms with Gasteiger partial charge >= 0.3 is 0 Å². The number of aromatic nitrogens is 4. The van der Waals surface area contributed by atoms with Crippen molar-refractivity contribution in [3.8, 4) is 11.8 Å². The number of Topliss-reactive ketones (excluding diaryl/α,β-unsaturated/α-hetero) is 1. The number of carbonyl (C=O) groups excluding carboxylic acids is 1. The van der Waals surface area contributed by atoms with Crippen LogP contribution in [0.1, 0.15) is 68.8 Å². The number of rotatable bonds is 4. The molecule has 0 fully saturated rings. The van der Waals surface area contributed by atoms with Gasteiger partial charge in [0, 0.05) is 16.1 Å². The monoisotopic (exact) mass is 469 g/mol. The number of H-pyrrole nitrogens is 1. The Balaban J connectivity index is 1.43. The van der Waals surface area contributed by atoms with Gasteiger partial charge in [-0.25, -0.2) is 9.67 Å². The second-order valence-corrected chi connectivity index (χ2v) is 10.2. The number of nitriles is 1. The van der Waals surface area contributed by atoms with Crippen LogP contribution >= 0.6 is 11.3 Å². The summed E-state index contributed by atoms with van der Waals surface area (Å²) in [5.41, 5.74) is 5.10. The van der Waals surface area contributed by atoms with Gasteiger partial charge in [0.15, 0.2) is 5.92 Å². The minimum absolute atomic E-state index is 0.111. The normalized spacial score (nSPS) is 15.6. The van der Waals surface area contributed by atoms with Gasteiger partial charge in [0.05, 0.1) is 17.1 Å². The van der Waals surface area contributed by atoms with Crippen molar-refractivity contribution in [2.24, 2.45) is 0 Å². The van der Waals surface area contributed by atoms with Crippen molar-refractivity contribution in [1.29, 1.82) is 5.26 Å². The Bertz CT molecular complexity index is 1550. The third kappa shape index (κ3) is 3.23. The van der Waals surface area contributed by atoms with Crippen LogP contribution in [-0.4, -0.2) is 25.5 Å². The van der Waals surface area contributed by atoms with Gasteiger partial charge < -0.3 is 4.98 Å². The fraction of sp³-hybridized carbons (Fsp3) is 0.346. The molecule has 2 aliphatic rings. The first-order chi connectivity index (χ1) is 16.5. The van der Waals surface area contributed by atoms with E-state index in [1.165, 1.54) is 16.2 Å². The second-order valence-electron chi connectivity index (χ2n) is 9.14. The Labute approximate surface area is 200 Å². The summed E-state index contributed by atoms with van der Waals surface area (Å²) in [6.45, 7) is 2.03. The summed E-state index contributed by atoms with van der Waals surface area (Å²) in [4.78, 5) is 35.8. The molecule has 0 saturated carbocycles. The molecule has 6 rings (SSSR count). The van der Waals surface area contributed by atoms with Gasteiger partial charge in [-0.15, -0.1) is 11.3 Å². The maximum absolute atomic E-state index is 13.6. The summed E-state index contributed by atoms with van der Waals surface area (Å²) in [6, 6.07) is 10.1. The van der Waals surface area contributed by atoms with Crippen molar-refractivity contribution in [2.45, 2.75) is 57.8 Å². The van der Waals surface area contributed by atoms with Crippen LogP contribution < -0.4 is 5.56 Å². The molecule has 0 amide bonds. The molecule has 0 aliphatic heterocycles. The predicted octanol–water partition coefficient (Wildman–Crippen LogP) is 4.34. The van der Waals surface area contributed by atoms with Crippen molar-refractivity contribution in [3.05, 3.63) is 73.4 Å². The molecule has 8 heteroatoms. The van der Waals surface area contributed by atoms with Crippen molar-refractivity contribution < 1.29 is 4.79 Å². The third-order valence-electron chi connectivity index (χ3n) is 6.95. The van der Waals surface area contributed by atoms with Gasteiger partial charge in [-0.3, -0.25) is 9.59 Å². The van der Waals surface area contributed by atoms with Gasteiger partial charge in [0.2, 0.25) is 5.78 Å². The highest BCUT2D eigenvalue weighted by Crippen LogP contribution is 2.35. The number of hydrogen-bond acceptors (Lipinski definition) is 6. The summed E-state index contributed by atoms with van der Waals surface area (Å²) in [5.74, 6) is -1.50. The lowest BCUT2D eigenvalue weighted by Gasteiger charge is -2.10. The fourth-order valence-electron chi connectivity index (χ4n) is 5.23. The van der Waals surface area contributed by atoms with Crippen LogP contribution in [0.2, 0.25) is 0 Å². The lowest BCUT2D eigenvalue weighted by molar-refractivity contribution is 0.0970. The number of aryl methyl sites for hydroxylation is 3. The van der Waals surface area contributed by atoms with Crippen molar-refractivity contribution in [2.75, 3.05) is 0 Å². The predicted molar refractivity (Wildman–Crippen MR) is 130 cm³/mol. The van der Waals surface area contributed by atoms with Crippen LogP contribution in [0.15, 0.2) is 29.1 Å². The SMILES string of the molecule is Cc1ccc(-n2nc(C(=O)C(C#N)c3nc4sc5c(c4c(=O)[nH]3)CCCC5)c3c2CCC3)cc1. The van der Waals surface area contributed by atoms with Crippen LogP contribution in [0.5, 0.6) is 0 Å². The molecule has 0 spiro atoms. The van der Waals surface area contributed by atoms with Crippen LogP contribution in [0.25, 0.3) is 15.9 Å². The summed E-state index contributed by atoms with van der Waals surface area (Å²) in [5, 5.41) is 15.3. The minimum atomic E-state index is -1.21. The van der Waals surface area contributed by atoms with E-state index in [2.05, 4.69) is 21.1 Å². The summed E-state index contributed by atoms with van der Waals surface area (Å²) >= 11 is 1.51. The first-order valence-corrected chi connectivity index (χ1v) is 12.5. The number of carbonyl (C=O) groups is 1. The minimum Gasteiger partial charge on any atom is -0.308 e. The van der Waals surface area contributed by atoms with E-state index in [1.807, 2.05) is 35.9 Å². The molecule has 3 aromatic heterocycles. The molecular formula is C26H23N5O2S. The van der Waals surface area contributed by atoms with Crippen LogP contribution in [0.3, 0.4) is 0 Å². The van der Waals surface area contributed by atoms with E-state index in [-0.39, 0.29) is 11.4 Å². The number of nitrogens with zero attached hydrogens (tertiary/aromatic N) is 4. The Morgan fingerprint density at radius 1 is 1.12 bits per heavy atom. The largest absolute Gasteiger partial charge is 0.308 e. The molecule has 3 heterocycles. The quantitative estimate of drug-likeness (QED) is 0.448. The lowest BCUT2D eigenvalue weighted by atomic mass is 9.97. The lowest BCUT2D eigenvalue weighted by Crippen LogP contribution is -2.21. The highest BCUT2D eigenvalue weighted by atomic mass is 32.1. The average Bonchev–Trinajstić information content (AvgIpc) is 3.53. The Hall–Kier alpha value is -3.57. The first kappa shape index (κ1) is 21.0. The van der Waals surface area contributed by atoms with Gasteiger partial charge in [-0.2, -0.15) is 10.4 Å². The molecule has 2 aliphatic carbocycles. The average molecular weight is 470 g/mol. The maximum atomic E-state index is 13.6. The zero-order chi connectivity index (χ0) is 23.4. The topological polar surface area (TPSA) is 104 Å². The van der Waals surface area contributed by atoms with E-state index in [4.69, 9.17) is 0 Å². The molecular weight excluding hydrogens is 446 g/mol. The van der Waals surface area contributed by atoms with Gasteiger partial charge in [0.25, 0.3) is 5.56 Å². The molecule has 1 atom stereocenters. The van der Waals surface area contributed by atoms with Crippen molar-refractivity contribution >= 4 is 27.3 Å². The molecule has 170 valence electrons. The van der Waals surface area contributed by atoms with E-state index in [0.717, 1.165) is 73.0 Å². The van der Waals surface area contributed by atoms with Gasteiger partial charge in [0.1, 0.15) is 16.3 Å². The Kier molecular flexibility index (Phi) is 4.96. The van der Waals surface area contributed by atoms with E-state index >= 15 is 0 Å². The first-order valence-electron chi connectivity index (χ1n) is 11.7. The molecule has 34 heavy (non-hydrogen) atoms. The summed E-state index contributed by atoms with van der Waals surface area (Å²) in [7, 11) is 0. The molecule has 1 aromatic carbocycles. The maximum Gasteiger partial charge on any atom is 0.259 e. The number of aromatic amines is 1. The van der Waals surface area contributed by atoms with Crippen molar-refractivity contribution in [1.82, 2.24) is 19.7 Å².